The molecule has 1 aromatic rings. The van der Waals surface area contributed by atoms with E-state index in [1.165, 1.54) is 0 Å². The molecular formula is C12H15NO2S. The molecule has 1 aromatic carbocycles. The van der Waals surface area contributed by atoms with Crippen molar-refractivity contribution in [3.05, 3.63) is 35.9 Å². The highest BCUT2D eigenvalue weighted by atomic mass is 32.2. The van der Waals surface area contributed by atoms with Crippen LogP contribution in [0.15, 0.2) is 30.3 Å². The third kappa shape index (κ3) is 2.39. The van der Waals surface area contributed by atoms with Gasteiger partial charge in [-0.1, -0.05) is 30.3 Å². The Morgan fingerprint density at radius 2 is 2.19 bits per heavy atom. The minimum atomic E-state index is -0.787. The second-order valence-corrected chi connectivity index (χ2v) is 5.13. The zero-order valence-corrected chi connectivity index (χ0v) is 9.80. The standard InChI is InChI=1S/C12H15NO2S/c14-11(15)12(9-16-7-6-13-12)8-10-4-2-1-3-5-10/h1-5,13H,6-9H2,(H,14,15). The molecule has 1 aliphatic rings. The van der Waals surface area contributed by atoms with Gasteiger partial charge in [-0.05, 0) is 5.56 Å². The van der Waals surface area contributed by atoms with E-state index in [1.54, 1.807) is 11.8 Å². The van der Waals surface area contributed by atoms with Crippen LogP contribution in [0.25, 0.3) is 0 Å². The van der Waals surface area contributed by atoms with Gasteiger partial charge in [0.15, 0.2) is 0 Å². The van der Waals surface area contributed by atoms with Crippen LogP contribution in [0.3, 0.4) is 0 Å². The number of benzene rings is 1. The summed E-state index contributed by atoms with van der Waals surface area (Å²) in [6.07, 6.45) is 0.552. The zero-order valence-electron chi connectivity index (χ0n) is 8.98. The maximum Gasteiger partial charge on any atom is 0.325 e. The van der Waals surface area contributed by atoms with Gasteiger partial charge in [0.1, 0.15) is 5.54 Å². The summed E-state index contributed by atoms with van der Waals surface area (Å²) >= 11 is 1.71. The first-order chi connectivity index (χ1) is 7.73. The summed E-state index contributed by atoms with van der Waals surface area (Å²) in [5.41, 5.74) is 0.282. The van der Waals surface area contributed by atoms with Crippen molar-refractivity contribution in [1.29, 1.82) is 0 Å². The molecule has 1 heterocycles. The summed E-state index contributed by atoms with van der Waals surface area (Å²) in [7, 11) is 0. The van der Waals surface area contributed by atoms with Crippen molar-refractivity contribution in [2.24, 2.45) is 0 Å². The molecule has 0 aromatic heterocycles. The fourth-order valence-electron chi connectivity index (χ4n) is 1.93. The largest absolute Gasteiger partial charge is 0.480 e. The Morgan fingerprint density at radius 3 is 2.75 bits per heavy atom. The van der Waals surface area contributed by atoms with Gasteiger partial charge in [-0.2, -0.15) is 11.8 Å². The summed E-state index contributed by atoms with van der Waals surface area (Å²) in [5, 5.41) is 12.5. The van der Waals surface area contributed by atoms with Crippen molar-refractivity contribution in [2.45, 2.75) is 12.0 Å². The Hall–Kier alpha value is -1.00. The SMILES string of the molecule is O=C(O)C1(Cc2ccccc2)CSCCN1. The predicted molar refractivity (Wildman–Crippen MR) is 65.8 cm³/mol. The summed E-state index contributed by atoms with van der Waals surface area (Å²) < 4.78 is 0. The van der Waals surface area contributed by atoms with Crippen LogP contribution in [0.1, 0.15) is 5.56 Å². The molecule has 2 rings (SSSR count). The highest BCUT2D eigenvalue weighted by Gasteiger charge is 2.39. The monoisotopic (exact) mass is 237 g/mol. The first-order valence-electron chi connectivity index (χ1n) is 5.33. The number of thioether (sulfide) groups is 1. The molecule has 4 heteroatoms. The van der Waals surface area contributed by atoms with E-state index in [-0.39, 0.29) is 0 Å². The van der Waals surface area contributed by atoms with Crippen LogP contribution < -0.4 is 5.32 Å². The lowest BCUT2D eigenvalue weighted by molar-refractivity contribution is -0.143. The van der Waals surface area contributed by atoms with E-state index < -0.39 is 11.5 Å². The van der Waals surface area contributed by atoms with Crippen molar-refractivity contribution >= 4 is 17.7 Å². The van der Waals surface area contributed by atoms with Crippen molar-refractivity contribution in [2.75, 3.05) is 18.1 Å². The molecule has 0 saturated carbocycles. The first kappa shape index (κ1) is 11.5. The Kier molecular flexibility index (Phi) is 3.51. The lowest BCUT2D eigenvalue weighted by Gasteiger charge is -2.34. The van der Waals surface area contributed by atoms with Crippen LogP contribution in [0, 0.1) is 0 Å². The molecule has 3 nitrogen and oxygen atoms in total. The van der Waals surface area contributed by atoms with Crippen molar-refractivity contribution < 1.29 is 9.90 Å². The lowest BCUT2D eigenvalue weighted by Crippen LogP contribution is -2.58. The average Bonchev–Trinajstić information content (AvgIpc) is 2.31. The quantitative estimate of drug-likeness (QED) is 0.834. The number of hydrogen-bond acceptors (Lipinski definition) is 3. The Morgan fingerprint density at radius 1 is 1.44 bits per heavy atom. The van der Waals surface area contributed by atoms with Gasteiger partial charge in [0.2, 0.25) is 0 Å². The lowest BCUT2D eigenvalue weighted by atomic mass is 9.92. The minimum Gasteiger partial charge on any atom is -0.480 e. The zero-order chi connectivity index (χ0) is 11.4. The third-order valence-electron chi connectivity index (χ3n) is 2.82. The molecule has 2 N–H and O–H groups in total. The molecule has 86 valence electrons. The smallest absolute Gasteiger partial charge is 0.325 e. The summed E-state index contributed by atoms with van der Waals surface area (Å²) in [6, 6.07) is 9.79. The van der Waals surface area contributed by atoms with Crippen molar-refractivity contribution in [3.8, 4) is 0 Å². The van der Waals surface area contributed by atoms with Crippen LogP contribution in [-0.2, 0) is 11.2 Å². The molecular weight excluding hydrogens is 222 g/mol. The summed E-state index contributed by atoms with van der Waals surface area (Å²) in [4.78, 5) is 11.4. The second-order valence-electron chi connectivity index (χ2n) is 4.03. The van der Waals surface area contributed by atoms with Gasteiger partial charge in [-0.25, -0.2) is 0 Å². The van der Waals surface area contributed by atoms with E-state index in [1.807, 2.05) is 30.3 Å². The molecule has 1 fully saturated rings. The number of carboxylic acid groups (broad SMARTS) is 1. The van der Waals surface area contributed by atoms with Gasteiger partial charge in [0.05, 0.1) is 0 Å². The predicted octanol–water partition coefficient (Wildman–Crippen LogP) is 1.39. The fraction of sp³-hybridized carbons (Fsp3) is 0.417. The van der Waals surface area contributed by atoms with Crippen LogP contribution in [0.5, 0.6) is 0 Å². The van der Waals surface area contributed by atoms with Crippen molar-refractivity contribution in [3.63, 3.8) is 0 Å². The summed E-state index contributed by atoms with van der Waals surface area (Å²) in [6.45, 7) is 0.768. The Balaban J connectivity index is 2.17. The maximum atomic E-state index is 11.4. The van der Waals surface area contributed by atoms with Gasteiger partial charge in [-0.15, -0.1) is 0 Å². The van der Waals surface area contributed by atoms with E-state index in [9.17, 15) is 9.90 Å². The first-order valence-corrected chi connectivity index (χ1v) is 6.48. The number of aliphatic carboxylic acids is 1. The number of rotatable bonds is 3. The number of carbonyl (C=O) groups is 1. The van der Waals surface area contributed by atoms with Crippen LogP contribution in [-0.4, -0.2) is 34.7 Å². The molecule has 1 aliphatic heterocycles. The van der Waals surface area contributed by atoms with Crippen LogP contribution >= 0.6 is 11.8 Å². The van der Waals surface area contributed by atoms with Gasteiger partial charge in [-0.3, -0.25) is 4.79 Å². The molecule has 0 bridgehead atoms. The van der Waals surface area contributed by atoms with Crippen LogP contribution in [0.4, 0.5) is 0 Å². The van der Waals surface area contributed by atoms with Gasteiger partial charge in [0, 0.05) is 24.5 Å². The van der Waals surface area contributed by atoms with E-state index in [4.69, 9.17) is 0 Å². The van der Waals surface area contributed by atoms with Crippen molar-refractivity contribution in [1.82, 2.24) is 5.32 Å². The topological polar surface area (TPSA) is 49.3 Å². The molecule has 0 aliphatic carbocycles. The molecule has 0 radical (unpaired) electrons. The summed E-state index contributed by atoms with van der Waals surface area (Å²) in [5.74, 6) is 0.879. The van der Waals surface area contributed by atoms with Gasteiger partial charge < -0.3 is 10.4 Å². The number of hydrogen-bond donors (Lipinski definition) is 2. The molecule has 1 atom stereocenters. The minimum absolute atomic E-state index is 0.552. The van der Waals surface area contributed by atoms with E-state index in [0.717, 1.165) is 17.9 Å². The molecule has 0 amide bonds. The van der Waals surface area contributed by atoms with E-state index in [2.05, 4.69) is 5.32 Å². The highest BCUT2D eigenvalue weighted by Crippen LogP contribution is 2.23. The number of nitrogens with one attached hydrogen (secondary N) is 1. The van der Waals surface area contributed by atoms with Crippen LogP contribution in [0.2, 0.25) is 0 Å². The van der Waals surface area contributed by atoms with Gasteiger partial charge >= 0.3 is 5.97 Å². The second kappa shape index (κ2) is 4.89. The average molecular weight is 237 g/mol. The Labute approximate surface area is 99.2 Å². The third-order valence-corrected chi connectivity index (χ3v) is 4.01. The highest BCUT2D eigenvalue weighted by molar-refractivity contribution is 7.99. The molecule has 0 spiro atoms. The van der Waals surface area contributed by atoms with E-state index in [0.29, 0.717) is 12.2 Å². The molecule has 1 unspecified atom stereocenters. The normalized spacial score (nSPS) is 25.2. The van der Waals surface area contributed by atoms with E-state index >= 15 is 0 Å². The fourth-order valence-corrected chi connectivity index (χ4v) is 3.00. The maximum absolute atomic E-state index is 11.4. The number of carboxylic acids is 1. The Bertz CT molecular complexity index is 361. The molecule has 16 heavy (non-hydrogen) atoms. The molecule has 1 saturated heterocycles. The van der Waals surface area contributed by atoms with Gasteiger partial charge in [0.25, 0.3) is 0 Å².